The first-order chi connectivity index (χ1) is 8.49. The molecule has 0 fully saturated rings. The number of hydrogen-bond acceptors (Lipinski definition) is 1. The summed E-state index contributed by atoms with van der Waals surface area (Å²) in [6, 6.07) is 10.9. The highest BCUT2D eigenvalue weighted by Crippen LogP contribution is 2.30. The first-order valence-corrected chi connectivity index (χ1v) is 6.93. The lowest BCUT2D eigenvalue weighted by Gasteiger charge is -2.13. The smallest absolute Gasteiger partial charge is 0.104 e. The van der Waals surface area contributed by atoms with Crippen LogP contribution in [-0.2, 0) is 0 Å². The first-order valence-electron chi connectivity index (χ1n) is 5.38. The minimum atomic E-state index is -0.711. The van der Waals surface area contributed by atoms with Gasteiger partial charge < -0.3 is 5.11 Å². The standard InChI is InChI=1S/C14H11BrCl2O/c1-8-2-3-9(6-11(8)15)14(18)10-4-5-12(16)13(17)7-10/h2-7,14,18H,1H3. The molecule has 0 saturated heterocycles. The summed E-state index contributed by atoms with van der Waals surface area (Å²) in [5.74, 6) is 0. The molecule has 0 aromatic heterocycles. The summed E-state index contributed by atoms with van der Waals surface area (Å²) in [7, 11) is 0. The van der Waals surface area contributed by atoms with Crippen molar-refractivity contribution in [2.45, 2.75) is 13.0 Å². The van der Waals surface area contributed by atoms with Crippen LogP contribution >= 0.6 is 39.1 Å². The molecular weight excluding hydrogens is 335 g/mol. The Morgan fingerprint density at radius 3 is 2.22 bits per heavy atom. The third-order valence-corrected chi connectivity index (χ3v) is 4.36. The number of hydrogen-bond donors (Lipinski definition) is 1. The first kappa shape index (κ1) is 13.9. The normalized spacial score (nSPS) is 12.5. The van der Waals surface area contributed by atoms with Gasteiger partial charge in [-0.2, -0.15) is 0 Å². The average Bonchev–Trinajstić information content (AvgIpc) is 2.35. The van der Waals surface area contributed by atoms with Gasteiger partial charge in [-0.05, 0) is 41.8 Å². The Hall–Kier alpha value is -0.540. The predicted molar refractivity (Wildman–Crippen MR) is 79.4 cm³/mol. The molecule has 0 radical (unpaired) electrons. The van der Waals surface area contributed by atoms with Crippen LogP contribution in [0.2, 0.25) is 10.0 Å². The van der Waals surface area contributed by atoms with Crippen molar-refractivity contribution in [3.63, 3.8) is 0 Å². The van der Waals surface area contributed by atoms with Gasteiger partial charge in [-0.3, -0.25) is 0 Å². The lowest BCUT2D eigenvalue weighted by Crippen LogP contribution is -2.00. The summed E-state index contributed by atoms with van der Waals surface area (Å²) in [5.41, 5.74) is 2.66. The predicted octanol–water partition coefficient (Wildman–Crippen LogP) is 5.15. The summed E-state index contributed by atoms with van der Waals surface area (Å²) in [6.45, 7) is 2.00. The van der Waals surface area contributed by atoms with Crippen molar-refractivity contribution in [3.8, 4) is 0 Å². The number of halogens is 3. The van der Waals surface area contributed by atoms with Gasteiger partial charge in [-0.15, -0.1) is 0 Å². The van der Waals surface area contributed by atoms with Crippen LogP contribution in [0.3, 0.4) is 0 Å². The number of aryl methyl sites for hydroxylation is 1. The van der Waals surface area contributed by atoms with Crippen molar-refractivity contribution in [2.75, 3.05) is 0 Å². The van der Waals surface area contributed by atoms with Crippen molar-refractivity contribution in [1.29, 1.82) is 0 Å². The molecule has 1 atom stereocenters. The molecule has 2 rings (SSSR count). The third-order valence-electron chi connectivity index (χ3n) is 2.77. The summed E-state index contributed by atoms with van der Waals surface area (Å²) >= 11 is 15.3. The van der Waals surface area contributed by atoms with Gasteiger partial charge in [0.25, 0.3) is 0 Å². The van der Waals surface area contributed by atoms with Crippen molar-refractivity contribution in [1.82, 2.24) is 0 Å². The van der Waals surface area contributed by atoms with Crippen LogP contribution in [0.15, 0.2) is 40.9 Å². The van der Waals surface area contributed by atoms with Crippen molar-refractivity contribution < 1.29 is 5.11 Å². The second-order valence-corrected chi connectivity index (χ2v) is 5.75. The SMILES string of the molecule is Cc1ccc(C(O)c2ccc(Cl)c(Cl)c2)cc1Br. The van der Waals surface area contributed by atoms with Gasteiger partial charge >= 0.3 is 0 Å². The van der Waals surface area contributed by atoms with Crippen LogP contribution in [0, 0.1) is 6.92 Å². The molecule has 0 aliphatic carbocycles. The quantitative estimate of drug-likeness (QED) is 0.798. The monoisotopic (exact) mass is 344 g/mol. The number of aliphatic hydroxyl groups excluding tert-OH is 1. The van der Waals surface area contributed by atoms with E-state index in [4.69, 9.17) is 23.2 Å². The molecule has 0 spiro atoms. The van der Waals surface area contributed by atoms with Crippen molar-refractivity contribution in [2.24, 2.45) is 0 Å². The Morgan fingerprint density at radius 1 is 1.00 bits per heavy atom. The maximum absolute atomic E-state index is 10.3. The largest absolute Gasteiger partial charge is 0.384 e. The molecule has 1 nitrogen and oxygen atoms in total. The van der Waals surface area contributed by atoms with E-state index in [0.717, 1.165) is 21.2 Å². The summed E-state index contributed by atoms with van der Waals surface area (Å²) in [4.78, 5) is 0. The van der Waals surface area contributed by atoms with Crippen LogP contribution in [0.1, 0.15) is 22.8 Å². The summed E-state index contributed by atoms with van der Waals surface area (Å²) in [5, 5.41) is 11.2. The van der Waals surface area contributed by atoms with Gasteiger partial charge in [0, 0.05) is 4.47 Å². The maximum atomic E-state index is 10.3. The fraction of sp³-hybridized carbons (Fsp3) is 0.143. The second kappa shape index (κ2) is 5.62. The minimum absolute atomic E-state index is 0.444. The fourth-order valence-corrected chi connectivity index (χ4v) is 2.36. The molecule has 4 heteroatoms. The molecule has 2 aromatic rings. The molecule has 0 bridgehead atoms. The van der Waals surface area contributed by atoms with E-state index >= 15 is 0 Å². The molecule has 2 aromatic carbocycles. The van der Waals surface area contributed by atoms with Gasteiger partial charge in [0.1, 0.15) is 6.10 Å². The molecule has 0 aliphatic rings. The van der Waals surface area contributed by atoms with Crippen LogP contribution < -0.4 is 0 Å². The maximum Gasteiger partial charge on any atom is 0.104 e. The van der Waals surface area contributed by atoms with E-state index in [1.54, 1.807) is 18.2 Å². The highest BCUT2D eigenvalue weighted by molar-refractivity contribution is 9.10. The molecule has 0 saturated carbocycles. The average molecular weight is 346 g/mol. The minimum Gasteiger partial charge on any atom is -0.384 e. The van der Waals surface area contributed by atoms with Gasteiger partial charge in [-0.25, -0.2) is 0 Å². The Balaban J connectivity index is 2.37. The van der Waals surface area contributed by atoms with Gasteiger partial charge in [0.2, 0.25) is 0 Å². The molecule has 18 heavy (non-hydrogen) atoms. The van der Waals surface area contributed by atoms with E-state index < -0.39 is 6.10 Å². The van der Waals surface area contributed by atoms with Gasteiger partial charge in [0.15, 0.2) is 0 Å². The molecular formula is C14H11BrCl2O. The van der Waals surface area contributed by atoms with E-state index in [9.17, 15) is 5.11 Å². The fourth-order valence-electron chi connectivity index (χ4n) is 1.65. The van der Waals surface area contributed by atoms with Crippen molar-refractivity contribution in [3.05, 3.63) is 67.6 Å². The molecule has 0 heterocycles. The Kier molecular flexibility index (Phi) is 4.33. The topological polar surface area (TPSA) is 20.2 Å². The summed E-state index contributed by atoms with van der Waals surface area (Å²) in [6.07, 6.45) is -0.711. The summed E-state index contributed by atoms with van der Waals surface area (Å²) < 4.78 is 0.971. The Morgan fingerprint density at radius 2 is 1.61 bits per heavy atom. The number of aliphatic hydroxyl groups is 1. The van der Waals surface area contributed by atoms with Crippen LogP contribution in [0.25, 0.3) is 0 Å². The van der Waals surface area contributed by atoms with Crippen molar-refractivity contribution >= 4 is 39.1 Å². The van der Waals surface area contributed by atoms with E-state index in [1.807, 2.05) is 25.1 Å². The van der Waals surface area contributed by atoms with E-state index in [-0.39, 0.29) is 0 Å². The zero-order chi connectivity index (χ0) is 13.3. The lowest BCUT2D eigenvalue weighted by molar-refractivity contribution is 0.220. The van der Waals surface area contributed by atoms with Crippen LogP contribution in [-0.4, -0.2) is 5.11 Å². The highest BCUT2D eigenvalue weighted by Gasteiger charge is 2.12. The molecule has 1 N–H and O–H groups in total. The molecule has 1 unspecified atom stereocenters. The van der Waals surface area contributed by atoms with E-state index in [1.165, 1.54) is 0 Å². The van der Waals surface area contributed by atoms with Crippen LogP contribution in [0.5, 0.6) is 0 Å². The lowest BCUT2D eigenvalue weighted by atomic mass is 10.0. The van der Waals surface area contributed by atoms with E-state index in [0.29, 0.717) is 10.0 Å². The molecule has 0 amide bonds. The zero-order valence-corrected chi connectivity index (χ0v) is 12.7. The zero-order valence-electron chi connectivity index (χ0n) is 9.62. The number of rotatable bonds is 2. The Labute approximate surface area is 124 Å². The van der Waals surface area contributed by atoms with Gasteiger partial charge in [0.05, 0.1) is 10.0 Å². The van der Waals surface area contributed by atoms with Crippen LogP contribution in [0.4, 0.5) is 0 Å². The van der Waals surface area contributed by atoms with E-state index in [2.05, 4.69) is 15.9 Å². The highest BCUT2D eigenvalue weighted by atomic mass is 79.9. The second-order valence-electron chi connectivity index (χ2n) is 4.08. The Bertz CT molecular complexity index is 533. The molecule has 0 aliphatic heterocycles. The van der Waals surface area contributed by atoms with Gasteiger partial charge in [-0.1, -0.05) is 57.3 Å². The number of benzene rings is 2. The molecule has 94 valence electrons. The third kappa shape index (κ3) is 2.89.